The molecule has 2 fully saturated rings. The first-order valence-electron chi connectivity index (χ1n) is 9.44. The van der Waals surface area contributed by atoms with E-state index >= 15 is 0 Å². The van der Waals surface area contributed by atoms with Crippen LogP contribution in [0.2, 0.25) is 4.34 Å². The molecule has 5 rings (SSSR count). The molecule has 0 spiro atoms. The second-order valence-corrected chi connectivity index (χ2v) is 9.55. The van der Waals surface area contributed by atoms with Gasteiger partial charge in [-0.2, -0.15) is 0 Å². The highest BCUT2D eigenvalue weighted by Crippen LogP contribution is 2.60. The summed E-state index contributed by atoms with van der Waals surface area (Å²) >= 11 is 7.64. The Morgan fingerprint density at radius 1 is 1.15 bits per heavy atom. The fraction of sp³-hybridized carbons (Fsp3) is 0.409. The lowest BCUT2D eigenvalue weighted by molar-refractivity contribution is -0.118. The van der Waals surface area contributed by atoms with Crippen molar-refractivity contribution in [2.24, 2.45) is 23.7 Å². The highest BCUT2D eigenvalue weighted by molar-refractivity contribution is 7.19. The second kappa shape index (κ2) is 5.97. The van der Waals surface area contributed by atoms with Gasteiger partial charge < -0.3 is 5.11 Å². The number of hydrogen-bond donors (Lipinski definition) is 1. The van der Waals surface area contributed by atoms with Crippen LogP contribution in [0.15, 0.2) is 36.1 Å². The molecular weight excluding hydrogens is 364 g/mol. The zero-order chi connectivity index (χ0) is 18.0. The summed E-state index contributed by atoms with van der Waals surface area (Å²) in [7, 11) is 0. The van der Waals surface area contributed by atoms with E-state index in [1.165, 1.54) is 11.3 Å². The van der Waals surface area contributed by atoms with E-state index in [4.69, 9.17) is 11.6 Å². The molecule has 2 nitrogen and oxygen atoms in total. The molecule has 4 heteroatoms. The number of thiophene rings is 1. The first kappa shape index (κ1) is 16.6. The highest BCUT2D eigenvalue weighted by atomic mass is 35.5. The Labute approximate surface area is 162 Å². The predicted octanol–water partition coefficient (Wildman–Crippen LogP) is 6.15. The number of carbonyl (C=O) groups is 1. The van der Waals surface area contributed by atoms with Crippen LogP contribution < -0.4 is 0 Å². The van der Waals surface area contributed by atoms with Crippen LogP contribution in [0.1, 0.15) is 37.3 Å². The van der Waals surface area contributed by atoms with E-state index in [-0.39, 0.29) is 17.6 Å². The Morgan fingerprint density at radius 3 is 2.58 bits per heavy atom. The smallest absolute Gasteiger partial charge is 0.170 e. The predicted molar refractivity (Wildman–Crippen MR) is 107 cm³/mol. The van der Waals surface area contributed by atoms with Crippen molar-refractivity contribution in [3.05, 3.63) is 51.6 Å². The topological polar surface area (TPSA) is 37.3 Å². The van der Waals surface area contributed by atoms with Gasteiger partial charge in [-0.15, -0.1) is 11.3 Å². The third-order valence-corrected chi connectivity index (χ3v) is 7.94. The van der Waals surface area contributed by atoms with Crippen LogP contribution in [0.4, 0.5) is 0 Å². The van der Waals surface area contributed by atoms with Crippen LogP contribution in [0, 0.1) is 23.7 Å². The summed E-state index contributed by atoms with van der Waals surface area (Å²) in [6.07, 6.45) is 4.26. The first-order valence-corrected chi connectivity index (χ1v) is 10.6. The highest BCUT2D eigenvalue weighted by Gasteiger charge is 2.57. The van der Waals surface area contributed by atoms with Gasteiger partial charge in [0.15, 0.2) is 5.78 Å². The number of hydrogen-bond acceptors (Lipinski definition) is 3. The molecule has 1 aromatic carbocycles. The van der Waals surface area contributed by atoms with E-state index in [2.05, 4.69) is 25.1 Å². The van der Waals surface area contributed by atoms with E-state index < -0.39 is 0 Å². The maximum Gasteiger partial charge on any atom is 0.170 e. The van der Waals surface area contributed by atoms with Gasteiger partial charge in [-0.3, -0.25) is 4.79 Å². The van der Waals surface area contributed by atoms with E-state index in [1.54, 1.807) is 0 Å². The number of aliphatic hydroxyl groups is 1. The van der Waals surface area contributed by atoms with Crippen LogP contribution in [0.3, 0.4) is 0 Å². The molecule has 3 aliphatic rings. The quantitative estimate of drug-likeness (QED) is 0.689. The van der Waals surface area contributed by atoms with Gasteiger partial charge in [0.25, 0.3) is 0 Å². The minimum atomic E-state index is 0.0216. The van der Waals surface area contributed by atoms with Crippen LogP contribution in [-0.2, 0) is 11.2 Å². The number of halogens is 1. The van der Waals surface area contributed by atoms with E-state index in [9.17, 15) is 9.90 Å². The molecule has 0 unspecified atom stereocenters. The molecule has 0 radical (unpaired) electrons. The summed E-state index contributed by atoms with van der Waals surface area (Å²) in [5.41, 5.74) is 3.70. The SMILES string of the molecule is CCc1ccc(-c2ccc(Cl)s2)cc1C1=C(O)[C@H]2[C@H]3CC[C@H](C3)[C@H]2C1=O. The monoisotopic (exact) mass is 384 g/mol. The fourth-order valence-electron chi connectivity index (χ4n) is 5.53. The van der Waals surface area contributed by atoms with Gasteiger partial charge in [-0.05, 0) is 72.4 Å². The van der Waals surface area contributed by atoms with Gasteiger partial charge in [-0.25, -0.2) is 0 Å². The number of allylic oxidation sites excluding steroid dienone is 2. The maximum absolute atomic E-state index is 13.3. The van der Waals surface area contributed by atoms with Crippen LogP contribution in [-0.4, -0.2) is 10.9 Å². The number of aryl methyl sites for hydroxylation is 1. The number of benzene rings is 1. The van der Waals surface area contributed by atoms with Crippen molar-refractivity contribution in [2.75, 3.05) is 0 Å². The molecule has 0 amide bonds. The molecule has 1 aromatic heterocycles. The molecular formula is C22H21ClO2S. The van der Waals surface area contributed by atoms with Crippen molar-refractivity contribution in [1.29, 1.82) is 0 Å². The lowest BCUT2D eigenvalue weighted by Crippen LogP contribution is -2.24. The molecule has 4 atom stereocenters. The first-order chi connectivity index (χ1) is 12.6. The number of aliphatic hydroxyl groups excluding tert-OH is 1. The Bertz CT molecular complexity index is 941. The lowest BCUT2D eigenvalue weighted by Gasteiger charge is -2.23. The number of ketones is 1. The molecule has 134 valence electrons. The molecule has 2 bridgehead atoms. The van der Waals surface area contributed by atoms with Gasteiger partial charge in [0.1, 0.15) is 5.76 Å². The van der Waals surface area contributed by atoms with Crippen molar-refractivity contribution in [3.63, 3.8) is 0 Å². The Balaban J connectivity index is 1.64. The van der Waals surface area contributed by atoms with Gasteiger partial charge >= 0.3 is 0 Å². The van der Waals surface area contributed by atoms with Crippen molar-refractivity contribution in [2.45, 2.75) is 32.6 Å². The van der Waals surface area contributed by atoms with Crippen LogP contribution in [0.5, 0.6) is 0 Å². The molecule has 2 saturated carbocycles. The van der Waals surface area contributed by atoms with Gasteiger partial charge in [-0.1, -0.05) is 30.7 Å². The van der Waals surface area contributed by atoms with Crippen molar-refractivity contribution < 1.29 is 9.90 Å². The summed E-state index contributed by atoms with van der Waals surface area (Å²) < 4.78 is 0.756. The van der Waals surface area contributed by atoms with Crippen molar-refractivity contribution in [3.8, 4) is 10.4 Å². The second-order valence-electron chi connectivity index (χ2n) is 7.84. The molecule has 0 saturated heterocycles. The van der Waals surface area contributed by atoms with Crippen molar-refractivity contribution in [1.82, 2.24) is 0 Å². The number of Topliss-reactive ketones (excluding diaryl/α,β-unsaturated/α-hetero) is 1. The zero-order valence-corrected chi connectivity index (χ0v) is 16.2. The van der Waals surface area contributed by atoms with E-state index in [1.807, 2.05) is 12.1 Å². The van der Waals surface area contributed by atoms with Gasteiger partial charge in [0.2, 0.25) is 0 Å². The fourth-order valence-corrected chi connectivity index (χ4v) is 6.57. The molecule has 26 heavy (non-hydrogen) atoms. The molecule has 3 aliphatic carbocycles. The average Bonchev–Trinajstić information content (AvgIpc) is 3.39. The van der Waals surface area contributed by atoms with Crippen LogP contribution >= 0.6 is 22.9 Å². The zero-order valence-electron chi connectivity index (χ0n) is 14.7. The number of rotatable bonds is 3. The maximum atomic E-state index is 13.3. The third-order valence-electron chi connectivity index (χ3n) is 6.66. The average molecular weight is 385 g/mol. The molecule has 2 aromatic rings. The Kier molecular flexibility index (Phi) is 3.81. The van der Waals surface area contributed by atoms with Crippen molar-refractivity contribution >= 4 is 34.3 Å². The molecule has 1 heterocycles. The summed E-state index contributed by atoms with van der Waals surface area (Å²) in [5, 5.41) is 11.0. The number of fused-ring (bicyclic) bond motifs is 5. The van der Waals surface area contributed by atoms with E-state index in [0.717, 1.165) is 51.6 Å². The summed E-state index contributed by atoms with van der Waals surface area (Å²) in [4.78, 5) is 14.4. The standard InChI is InChI=1S/C22H21ClO2S/c1-2-11-3-4-12(16-7-8-17(23)26-16)10-15(11)20-21(24)18-13-5-6-14(9-13)19(18)22(20)25/h3-4,7-8,10,13-14,18-19,24H,2,5-6,9H2,1H3/t13-,14+,18-,19+/m0/s1. The van der Waals surface area contributed by atoms with Crippen LogP contribution in [0.25, 0.3) is 16.0 Å². The largest absolute Gasteiger partial charge is 0.511 e. The number of carbonyl (C=O) groups excluding carboxylic acids is 1. The third kappa shape index (κ3) is 2.26. The van der Waals surface area contributed by atoms with E-state index in [0.29, 0.717) is 23.2 Å². The Morgan fingerprint density at radius 2 is 1.92 bits per heavy atom. The van der Waals surface area contributed by atoms with Gasteiger partial charge in [0, 0.05) is 16.7 Å². The summed E-state index contributed by atoms with van der Waals surface area (Å²) in [5.74, 6) is 1.60. The Hall–Kier alpha value is -1.58. The molecule has 1 N–H and O–H groups in total. The minimum absolute atomic E-state index is 0.0216. The normalized spacial score (nSPS) is 29.7. The summed E-state index contributed by atoms with van der Waals surface area (Å²) in [6, 6.07) is 10.2. The minimum Gasteiger partial charge on any atom is -0.511 e. The lowest BCUT2D eigenvalue weighted by atomic mass is 9.80. The van der Waals surface area contributed by atoms with Gasteiger partial charge in [0.05, 0.1) is 9.91 Å². The molecule has 0 aliphatic heterocycles. The summed E-state index contributed by atoms with van der Waals surface area (Å²) in [6.45, 7) is 2.10.